The van der Waals surface area contributed by atoms with Crippen molar-refractivity contribution < 1.29 is 17.6 Å². The summed E-state index contributed by atoms with van der Waals surface area (Å²) >= 11 is 0. The summed E-state index contributed by atoms with van der Waals surface area (Å²) in [5, 5.41) is 0. The molecular weight excluding hydrogens is 260 g/mol. The van der Waals surface area contributed by atoms with Crippen molar-refractivity contribution in [2.75, 3.05) is 0 Å². The Labute approximate surface area is 105 Å². The van der Waals surface area contributed by atoms with Crippen LogP contribution in [0.15, 0.2) is 0 Å². The minimum Gasteiger partial charge on any atom is -0.204 e. The highest BCUT2D eigenvalue weighted by Crippen LogP contribution is 2.23. The van der Waals surface area contributed by atoms with Gasteiger partial charge < -0.3 is 0 Å². The van der Waals surface area contributed by atoms with Crippen molar-refractivity contribution in [1.82, 2.24) is 0 Å². The molecule has 1 rings (SSSR count). The lowest BCUT2D eigenvalue weighted by atomic mass is 10.1. The molecule has 0 saturated carbocycles. The normalized spacial score (nSPS) is 9.56. The Morgan fingerprint density at radius 1 is 0.778 bits per heavy atom. The van der Waals surface area contributed by atoms with Crippen LogP contribution in [0.25, 0.3) is 0 Å². The van der Waals surface area contributed by atoms with Crippen LogP contribution >= 0.6 is 0 Å². The minimum atomic E-state index is -1.75. The molecule has 0 fully saturated rings. The summed E-state index contributed by atoms with van der Waals surface area (Å²) in [6, 6.07) is 0. The zero-order valence-corrected chi connectivity index (χ0v) is 11.0. The Hall–Kier alpha value is -1.72. The Morgan fingerprint density at radius 2 is 1.28 bits per heavy atom. The van der Waals surface area contributed by atoms with E-state index in [4.69, 9.17) is 0 Å². The van der Waals surface area contributed by atoms with E-state index < -0.39 is 43.2 Å². The zero-order valence-electron chi connectivity index (χ0n) is 10.0. The molecule has 1 radical (unpaired) electrons. The highest BCUT2D eigenvalue weighted by Gasteiger charge is 2.23. The molecule has 0 aliphatic rings. The molecule has 0 saturated heterocycles. The van der Waals surface area contributed by atoms with Crippen molar-refractivity contribution in [3.63, 3.8) is 0 Å². The van der Waals surface area contributed by atoms with Crippen molar-refractivity contribution >= 4 is 8.80 Å². The van der Waals surface area contributed by atoms with E-state index in [0.717, 1.165) is 0 Å². The molecule has 1 aromatic rings. The third-order valence-electron chi connectivity index (χ3n) is 1.95. The number of halogens is 4. The Kier molecular flexibility index (Phi) is 4.58. The van der Waals surface area contributed by atoms with Gasteiger partial charge in [0.1, 0.15) is 14.4 Å². The van der Waals surface area contributed by atoms with Gasteiger partial charge in [0.05, 0.1) is 5.56 Å². The van der Waals surface area contributed by atoms with Gasteiger partial charge in [0.15, 0.2) is 23.3 Å². The number of benzene rings is 1. The van der Waals surface area contributed by atoms with Crippen LogP contribution in [0.1, 0.15) is 18.1 Å². The Bertz CT molecular complexity index is 598. The predicted molar refractivity (Wildman–Crippen MR) is 63.2 cm³/mol. The van der Waals surface area contributed by atoms with Crippen LogP contribution in [0.2, 0.25) is 13.1 Å². The maximum absolute atomic E-state index is 13.8. The molecule has 0 aliphatic heterocycles. The van der Waals surface area contributed by atoms with Gasteiger partial charge in [-0.05, 0) is 6.92 Å². The number of rotatable bonds is 0. The summed E-state index contributed by atoms with van der Waals surface area (Å²) < 4.78 is 53.7. The maximum Gasteiger partial charge on any atom is 0.197 e. The van der Waals surface area contributed by atoms with Crippen LogP contribution < -0.4 is 0 Å². The van der Waals surface area contributed by atoms with E-state index >= 15 is 0 Å². The molecule has 0 N–H and O–H groups in total. The molecule has 0 bridgehead atoms. The first-order chi connectivity index (χ1) is 8.40. The van der Waals surface area contributed by atoms with Gasteiger partial charge in [0, 0.05) is 0 Å². The lowest BCUT2D eigenvalue weighted by molar-refractivity contribution is 0.430. The average Bonchev–Trinajstić information content (AvgIpc) is 2.31. The molecule has 93 valence electrons. The molecule has 0 aliphatic carbocycles. The van der Waals surface area contributed by atoms with E-state index in [-0.39, 0.29) is 0 Å². The summed E-state index contributed by atoms with van der Waals surface area (Å²) in [4.78, 5) is 0. The number of hydrogen-bond donors (Lipinski definition) is 0. The average molecular weight is 269 g/mol. The first-order valence-corrected chi connectivity index (χ1v) is 7.51. The summed E-state index contributed by atoms with van der Waals surface area (Å²) in [6.07, 6.45) is 0. The van der Waals surface area contributed by atoms with Crippen LogP contribution in [0.4, 0.5) is 17.6 Å². The van der Waals surface area contributed by atoms with Gasteiger partial charge in [-0.15, -0.1) is 11.5 Å². The van der Waals surface area contributed by atoms with Crippen molar-refractivity contribution in [1.29, 1.82) is 0 Å². The minimum absolute atomic E-state index is 0.766. The summed E-state index contributed by atoms with van der Waals surface area (Å²) in [7, 11) is -1.06. The molecule has 1 aromatic carbocycles. The van der Waals surface area contributed by atoms with Crippen molar-refractivity contribution in [2.45, 2.75) is 20.0 Å². The molecule has 0 atom stereocenters. The van der Waals surface area contributed by atoms with E-state index in [1.54, 1.807) is 13.1 Å². The molecule has 0 spiro atoms. The molecule has 0 aromatic heterocycles. The molecule has 18 heavy (non-hydrogen) atoms. The fourth-order valence-electron chi connectivity index (χ4n) is 1.17. The highest BCUT2D eigenvalue weighted by molar-refractivity contribution is 6.64. The summed E-state index contributed by atoms with van der Waals surface area (Å²) in [5.74, 6) is 0.301. The number of hydrogen-bond acceptors (Lipinski definition) is 0. The van der Waals surface area contributed by atoms with Crippen LogP contribution in [-0.4, -0.2) is 8.80 Å². The maximum atomic E-state index is 13.8. The smallest absolute Gasteiger partial charge is 0.197 e. The van der Waals surface area contributed by atoms with Gasteiger partial charge in [0.25, 0.3) is 0 Å². The Morgan fingerprint density at radius 3 is 1.72 bits per heavy atom. The standard InChI is InChI=1S/C13H9F4Si/c1-4-5-8-10(14)9(6-7-18(2)3)12(16)13(17)11(8)15/h1-3H3. The quantitative estimate of drug-likeness (QED) is 0.223. The van der Waals surface area contributed by atoms with E-state index in [9.17, 15) is 17.6 Å². The lowest BCUT2D eigenvalue weighted by Gasteiger charge is -2.04. The predicted octanol–water partition coefficient (Wildman–Crippen LogP) is 3.26. The molecular formula is C13H9F4Si. The van der Waals surface area contributed by atoms with Crippen LogP contribution in [-0.2, 0) is 0 Å². The molecule has 0 heterocycles. The fraction of sp³-hybridized carbons (Fsp3) is 0.231. The Balaban J connectivity index is 3.62. The van der Waals surface area contributed by atoms with Gasteiger partial charge >= 0.3 is 0 Å². The second-order valence-corrected chi connectivity index (χ2v) is 5.88. The molecule has 5 heteroatoms. The monoisotopic (exact) mass is 269 g/mol. The van der Waals surface area contributed by atoms with E-state index in [1.807, 2.05) is 0 Å². The topological polar surface area (TPSA) is 0 Å². The van der Waals surface area contributed by atoms with Crippen molar-refractivity contribution in [2.24, 2.45) is 0 Å². The van der Waals surface area contributed by atoms with E-state index in [0.29, 0.717) is 0 Å². The van der Waals surface area contributed by atoms with E-state index in [2.05, 4.69) is 23.3 Å². The van der Waals surface area contributed by atoms with Gasteiger partial charge in [-0.25, -0.2) is 17.6 Å². The lowest BCUT2D eigenvalue weighted by Crippen LogP contribution is -2.05. The second kappa shape index (κ2) is 5.75. The van der Waals surface area contributed by atoms with Crippen LogP contribution in [0.5, 0.6) is 0 Å². The van der Waals surface area contributed by atoms with Gasteiger partial charge in [0.2, 0.25) is 0 Å². The third kappa shape index (κ3) is 2.75. The molecule has 0 unspecified atom stereocenters. The summed E-state index contributed by atoms with van der Waals surface area (Å²) in [6.45, 7) is 4.95. The highest BCUT2D eigenvalue weighted by atomic mass is 28.3. The van der Waals surface area contributed by atoms with Gasteiger partial charge in [-0.2, -0.15) is 0 Å². The first-order valence-electron chi connectivity index (χ1n) is 5.01. The molecule has 0 amide bonds. The molecule has 0 nitrogen and oxygen atoms in total. The van der Waals surface area contributed by atoms with Crippen LogP contribution in [0.3, 0.4) is 0 Å². The van der Waals surface area contributed by atoms with Crippen LogP contribution in [0, 0.1) is 46.6 Å². The second-order valence-electron chi connectivity index (χ2n) is 3.63. The van der Waals surface area contributed by atoms with Gasteiger partial charge in [-0.3, -0.25) is 0 Å². The fourth-order valence-corrected chi connectivity index (χ4v) is 1.54. The van der Waals surface area contributed by atoms with Crippen molar-refractivity contribution in [3.05, 3.63) is 34.4 Å². The van der Waals surface area contributed by atoms with Crippen molar-refractivity contribution in [3.8, 4) is 23.3 Å². The van der Waals surface area contributed by atoms with E-state index in [1.165, 1.54) is 6.92 Å². The van der Waals surface area contributed by atoms with Gasteiger partial charge in [-0.1, -0.05) is 24.9 Å². The largest absolute Gasteiger partial charge is 0.204 e. The third-order valence-corrected chi connectivity index (χ3v) is 2.58. The zero-order chi connectivity index (χ0) is 13.9. The first kappa shape index (κ1) is 14.3. The SMILES string of the molecule is CC#Cc1c(F)c(F)c(F)c(C#C[Si](C)C)c1F. The summed E-state index contributed by atoms with van der Waals surface area (Å²) in [5.41, 5.74) is 1.04.